The number of rotatable bonds is 7. The van der Waals surface area contributed by atoms with Crippen LogP contribution in [0.4, 0.5) is 20.7 Å². The number of sulfonamides is 1. The Bertz CT molecular complexity index is 1400. The molecule has 37 heavy (non-hydrogen) atoms. The van der Waals surface area contributed by atoms with Gasteiger partial charge in [-0.15, -0.1) is 0 Å². The normalized spacial score (nSPS) is 18.9. The maximum absolute atomic E-state index is 14.2. The first kappa shape index (κ1) is 25.5. The molecule has 12 nitrogen and oxygen atoms in total. The van der Waals surface area contributed by atoms with Crippen LogP contribution in [-0.4, -0.2) is 96.7 Å². The van der Waals surface area contributed by atoms with E-state index in [1.165, 1.54) is 23.0 Å². The van der Waals surface area contributed by atoms with Gasteiger partial charge in [0.25, 0.3) is 6.43 Å². The second kappa shape index (κ2) is 9.95. The van der Waals surface area contributed by atoms with Gasteiger partial charge in [-0.25, -0.2) is 22.2 Å². The summed E-state index contributed by atoms with van der Waals surface area (Å²) in [5.41, 5.74) is 0.608. The van der Waals surface area contributed by atoms with E-state index in [4.69, 9.17) is 9.47 Å². The van der Waals surface area contributed by atoms with Crippen molar-refractivity contribution in [2.45, 2.75) is 25.4 Å². The number of nitrogens with zero attached hydrogens (tertiary/aromatic N) is 8. The Morgan fingerprint density at radius 3 is 2.46 bits per heavy atom. The lowest BCUT2D eigenvalue weighted by Gasteiger charge is -2.32. The Morgan fingerprint density at radius 2 is 1.78 bits per heavy atom. The molecular formula is C22H28F2N8O4S. The number of aromatic nitrogens is 5. The third kappa shape index (κ3) is 4.78. The molecule has 3 aromatic rings. The largest absolute Gasteiger partial charge is 0.494 e. The molecule has 15 heteroatoms. The van der Waals surface area contributed by atoms with Gasteiger partial charge in [0.05, 0.1) is 38.3 Å². The standard InChI is InChI=1S/C22H28F2N8O4S/c1-29(37(3,33)34)16-8-5-9-31(16)21-26-20(30-10-12-36-13-11-30)27-22(28-21)32-14-6-4-7-15(35-2)17(14)25-19(32)18(23)24/h4,6-7,16,18H,5,8-13H2,1-3H3. The van der Waals surface area contributed by atoms with Crippen molar-refractivity contribution < 1.29 is 26.7 Å². The Morgan fingerprint density at radius 1 is 1.08 bits per heavy atom. The molecule has 0 saturated carbocycles. The molecule has 2 saturated heterocycles. The molecule has 2 aromatic heterocycles. The zero-order valence-electron chi connectivity index (χ0n) is 20.7. The Kier molecular flexibility index (Phi) is 6.85. The van der Waals surface area contributed by atoms with E-state index in [-0.39, 0.29) is 17.4 Å². The minimum absolute atomic E-state index is 0.0368. The average Bonchev–Trinajstić information content (AvgIpc) is 3.53. The summed E-state index contributed by atoms with van der Waals surface area (Å²) in [5, 5.41) is 0. The summed E-state index contributed by atoms with van der Waals surface area (Å²) in [7, 11) is -0.549. The van der Waals surface area contributed by atoms with Gasteiger partial charge >= 0.3 is 0 Å². The van der Waals surface area contributed by atoms with Crippen LogP contribution in [0.1, 0.15) is 25.1 Å². The van der Waals surface area contributed by atoms with Crippen molar-refractivity contribution >= 4 is 33.0 Å². The van der Waals surface area contributed by atoms with E-state index in [0.29, 0.717) is 62.9 Å². The third-order valence-electron chi connectivity index (χ3n) is 6.60. The Labute approximate surface area is 212 Å². The topological polar surface area (TPSA) is 119 Å². The number of hydrogen-bond donors (Lipinski definition) is 0. The molecule has 0 aliphatic carbocycles. The van der Waals surface area contributed by atoms with Crippen molar-refractivity contribution in [3.05, 3.63) is 24.0 Å². The van der Waals surface area contributed by atoms with Crippen molar-refractivity contribution in [2.75, 3.05) is 63.1 Å². The number of methoxy groups -OCH3 is 1. The summed E-state index contributed by atoms with van der Waals surface area (Å²) in [6, 6.07) is 4.96. The van der Waals surface area contributed by atoms with Crippen molar-refractivity contribution in [1.82, 2.24) is 28.8 Å². The number of anilines is 2. The highest BCUT2D eigenvalue weighted by molar-refractivity contribution is 7.88. The van der Waals surface area contributed by atoms with E-state index in [9.17, 15) is 17.2 Å². The minimum atomic E-state index is -3.50. The number of hydrogen-bond acceptors (Lipinski definition) is 10. The van der Waals surface area contributed by atoms with Gasteiger partial charge in [0.15, 0.2) is 5.82 Å². The van der Waals surface area contributed by atoms with Crippen LogP contribution in [0.3, 0.4) is 0 Å². The maximum Gasteiger partial charge on any atom is 0.296 e. The second-order valence-corrected chi connectivity index (χ2v) is 10.9. The average molecular weight is 539 g/mol. The minimum Gasteiger partial charge on any atom is -0.494 e. The summed E-state index contributed by atoms with van der Waals surface area (Å²) in [4.78, 5) is 21.7. The van der Waals surface area contributed by atoms with Crippen LogP contribution >= 0.6 is 0 Å². The third-order valence-corrected chi connectivity index (χ3v) is 7.89. The van der Waals surface area contributed by atoms with Crippen LogP contribution < -0.4 is 14.5 Å². The van der Waals surface area contributed by atoms with Gasteiger partial charge in [-0.05, 0) is 25.0 Å². The number of para-hydroxylation sites is 1. The SMILES string of the molecule is COc1cccc2c1nc(C(F)F)n2-c1nc(N2CCOCC2)nc(N2CCCC2N(C)S(C)(=O)=O)n1. The zero-order valence-corrected chi connectivity index (χ0v) is 21.5. The molecule has 0 amide bonds. The molecular weight excluding hydrogens is 510 g/mol. The quantitative estimate of drug-likeness (QED) is 0.441. The smallest absolute Gasteiger partial charge is 0.296 e. The van der Waals surface area contributed by atoms with Crippen LogP contribution in [0, 0.1) is 0 Å². The predicted octanol–water partition coefficient (Wildman–Crippen LogP) is 1.81. The molecule has 0 radical (unpaired) electrons. The number of imidazole rings is 1. The number of halogens is 2. The number of alkyl halides is 2. The molecule has 0 bridgehead atoms. The van der Waals surface area contributed by atoms with E-state index >= 15 is 0 Å². The summed E-state index contributed by atoms with van der Waals surface area (Å²) in [6.45, 7) is 2.45. The van der Waals surface area contributed by atoms with Crippen LogP contribution in [0.25, 0.3) is 17.0 Å². The van der Waals surface area contributed by atoms with Crippen LogP contribution in [-0.2, 0) is 14.8 Å². The van der Waals surface area contributed by atoms with Crippen molar-refractivity contribution in [1.29, 1.82) is 0 Å². The predicted molar refractivity (Wildman–Crippen MR) is 132 cm³/mol. The first-order chi connectivity index (χ1) is 17.7. The van der Waals surface area contributed by atoms with Crippen LogP contribution in [0.15, 0.2) is 18.2 Å². The number of ether oxygens (including phenoxy) is 2. The van der Waals surface area contributed by atoms with E-state index in [1.807, 2.05) is 4.90 Å². The highest BCUT2D eigenvalue weighted by Crippen LogP contribution is 2.33. The van der Waals surface area contributed by atoms with E-state index in [2.05, 4.69) is 19.9 Å². The maximum atomic E-state index is 14.2. The van der Waals surface area contributed by atoms with Gasteiger partial charge in [-0.2, -0.15) is 19.3 Å². The number of benzene rings is 1. The summed E-state index contributed by atoms with van der Waals surface area (Å²) < 4.78 is 66.4. The molecule has 4 heterocycles. The lowest BCUT2D eigenvalue weighted by Crippen LogP contribution is -2.46. The molecule has 2 fully saturated rings. The first-order valence-electron chi connectivity index (χ1n) is 11.8. The molecule has 0 spiro atoms. The monoisotopic (exact) mass is 538 g/mol. The van der Waals surface area contributed by atoms with Gasteiger partial charge in [0.2, 0.25) is 27.9 Å². The fourth-order valence-corrected chi connectivity index (χ4v) is 5.33. The second-order valence-electron chi connectivity index (χ2n) is 8.86. The fourth-order valence-electron chi connectivity index (χ4n) is 4.67. The van der Waals surface area contributed by atoms with E-state index in [1.54, 1.807) is 23.1 Å². The van der Waals surface area contributed by atoms with E-state index < -0.39 is 28.4 Å². The van der Waals surface area contributed by atoms with E-state index in [0.717, 1.165) is 6.26 Å². The van der Waals surface area contributed by atoms with Gasteiger partial charge < -0.3 is 19.3 Å². The van der Waals surface area contributed by atoms with Crippen molar-refractivity contribution in [2.24, 2.45) is 0 Å². The summed E-state index contributed by atoms with van der Waals surface area (Å²) in [6.07, 6.45) is -1.00. The van der Waals surface area contributed by atoms with Crippen LogP contribution in [0.5, 0.6) is 5.75 Å². The zero-order chi connectivity index (χ0) is 26.3. The molecule has 200 valence electrons. The van der Waals surface area contributed by atoms with Gasteiger partial charge in [-0.1, -0.05) is 6.07 Å². The molecule has 5 rings (SSSR count). The first-order valence-corrected chi connectivity index (χ1v) is 13.7. The summed E-state index contributed by atoms with van der Waals surface area (Å²) in [5.74, 6) is 0.270. The summed E-state index contributed by atoms with van der Waals surface area (Å²) >= 11 is 0. The Hall–Kier alpha value is -3.17. The fraction of sp³-hybridized carbons (Fsp3) is 0.545. The molecule has 2 aliphatic heterocycles. The highest BCUT2D eigenvalue weighted by atomic mass is 32.2. The number of fused-ring (bicyclic) bond motifs is 1. The van der Waals surface area contributed by atoms with Gasteiger partial charge in [0, 0.05) is 26.7 Å². The molecule has 1 atom stereocenters. The van der Waals surface area contributed by atoms with Crippen molar-refractivity contribution in [3.8, 4) is 11.7 Å². The van der Waals surface area contributed by atoms with Crippen molar-refractivity contribution in [3.63, 3.8) is 0 Å². The molecule has 2 aliphatic rings. The highest BCUT2D eigenvalue weighted by Gasteiger charge is 2.35. The molecule has 0 N–H and O–H groups in total. The lowest BCUT2D eigenvalue weighted by atomic mass is 10.3. The number of morpholine rings is 1. The lowest BCUT2D eigenvalue weighted by molar-refractivity contribution is 0.122. The van der Waals surface area contributed by atoms with Crippen LogP contribution in [0.2, 0.25) is 0 Å². The molecule has 1 unspecified atom stereocenters. The van der Waals surface area contributed by atoms with Gasteiger partial charge in [0.1, 0.15) is 11.3 Å². The Balaban J connectivity index is 1.70. The molecule has 1 aromatic carbocycles. The van der Waals surface area contributed by atoms with Gasteiger partial charge in [-0.3, -0.25) is 4.57 Å².